The molecule has 0 atom stereocenters. The minimum atomic E-state index is -4.00. The van der Waals surface area contributed by atoms with Crippen molar-refractivity contribution in [2.45, 2.75) is 4.90 Å². The molecule has 154 valence electrons. The van der Waals surface area contributed by atoms with E-state index < -0.39 is 10.1 Å². The Morgan fingerprint density at radius 1 is 1.00 bits per heavy atom. The fraction of sp³-hybridized carbons (Fsp3) is 0.0476. The lowest BCUT2D eigenvalue weighted by molar-refractivity contribution is 0.0955. The van der Waals surface area contributed by atoms with Crippen LogP contribution in [0.2, 0.25) is 0 Å². The Hall–Kier alpha value is -3.17. The Balaban J connectivity index is 1.72. The van der Waals surface area contributed by atoms with Gasteiger partial charge in [0.05, 0.1) is 13.3 Å². The van der Waals surface area contributed by atoms with Crippen LogP contribution in [0, 0.1) is 0 Å². The molecule has 7 nitrogen and oxygen atoms in total. The van der Waals surface area contributed by atoms with Gasteiger partial charge in [-0.2, -0.15) is 13.5 Å². The summed E-state index contributed by atoms with van der Waals surface area (Å²) in [7, 11) is -2.60. The predicted molar refractivity (Wildman–Crippen MR) is 116 cm³/mol. The average molecular weight is 489 g/mol. The van der Waals surface area contributed by atoms with Gasteiger partial charge in [-0.25, -0.2) is 5.43 Å². The summed E-state index contributed by atoms with van der Waals surface area (Å²) in [5.74, 6) is -0.123. The summed E-state index contributed by atoms with van der Waals surface area (Å²) in [5, 5.41) is 3.92. The van der Waals surface area contributed by atoms with Crippen LogP contribution >= 0.6 is 15.9 Å². The van der Waals surface area contributed by atoms with Crippen molar-refractivity contribution in [2.24, 2.45) is 5.10 Å². The van der Waals surface area contributed by atoms with Crippen molar-refractivity contribution in [2.75, 3.05) is 7.11 Å². The van der Waals surface area contributed by atoms with Crippen LogP contribution in [0.5, 0.6) is 11.5 Å². The molecule has 9 heteroatoms. The van der Waals surface area contributed by atoms with Gasteiger partial charge in [0.25, 0.3) is 5.91 Å². The molecule has 0 saturated carbocycles. The SMILES string of the molecule is COc1cc(/C=N\NC(=O)c2cccc(Br)c2)ccc1OS(=O)(=O)c1ccccc1. The number of amides is 1. The van der Waals surface area contributed by atoms with Crippen molar-refractivity contribution in [3.05, 3.63) is 88.4 Å². The summed E-state index contributed by atoms with van der Waals surface area (Å²) in [4.78, 5) is 12.1. The molecular formula is C21H17BrN2O5S. The van der Waals surface area contributed by atoms with Crippen molar-refractivity contribution in [1.29, 1.82) is 0 Å². The molecule has 0 unspecified atom stereocenters. The minimum Gasteiger partial charge on any atom is -0.493 e. The maximum atomic E-state index is 12.4. The molecule has 0 saturated heterocycles. The van der Waals surface area contributed by atoms with Gasteiger partial charge in [0.2, 0.25) is 0 Å². The van der Waals surface area contributed by atoms with Gasteiger partial charge in [0, 0.05) is 10.0 Å². The van der Waals surface area contributed by atoms with Crippen LogP contribution in [0.15, 0.2) is 87.3 Å². The first-order valence-electron chi connectivity index (χ1n) is 8.65. The van der Waals surface area contributed by atoms with E-state index in [-0.39, 0.29) is 22.3 Å². The molecule has 1 amide bonds. The van der Waals surface area contributed by atoms with E-state index in [1.807, 2.05) is 6.07 Å². The molecule has 0 fully saturated rings. The second-order valence-electron chi connectivity index (χ2n) is 5.97. The summed E-state index contributed by atoms with van der Waals surface area (Å²) in [6.45, 7) is 0. The van der Waals surface area contributed by atoms with Crippen LogP contribution in [-0.4, -0.2) is 27.6 Å². The number of rotatable bonds is 7. The molecule has 0 aliphatic rings. The molecule has 0 aromatic heterocycles. The number of hydrazone groups is 1. The summed E-state index contributed by atoms with van der Waals surface area (Å²) in [5.41, 5.74) is 3.46. The number of nitrogens with one attached hydrogen (secondary N) is 1. The van der Waals surface area contributed by atoms with Gasteiger partial charge in [-0.3, -0.25) is 4.79 Å². The van der Waals surface area contributed by atoms with Crippen molar-refractivity contribution in [1.82, 2.24) is 5.43 Å². The Morgan fingerprint density at radius 3 is 2.47 bits per heavy atom. The second-order valence-corrected chi connectivity index (χ2v) is 8.43. The number of ether oxygens (including phenoxy) is 1. The standard InChI is InChI=1S/C21H17BrN2O5S/c1-28-20-12-15(14-23-24-21(25)16-6-5-7-17(22)13-16)10-11-19(20)29-30(26,27)18-8-3-2-4-9-18/h2-14H,1H3,(H,24,25)/b23-14-. The smallest absolute Gasteiger partial charge is 0.339 e. The third-order valence-electron chi connectivity index (χ3n) is 3.89. The summed E-state index contributed by atoms with van der Waals surface area (Å²) >= 11 is 3.31. The summed E-state index contributed by atoms with van der Waals surface area (Å²) in [6.07, 6.45) is 1.41. The minimum absolute atomic E-state index is 0.0351. The molecule has 30 heavy (non-hydrogen) atoms. The Labute approximate surface area is 182 Å². The van der Waals surface area contributed by atoms with E-state index in [4.69, 9.17) is 8.92 Å². The maximum absolute atomic E-state index is 12.4. The van der Waals surface area contributed by atoms with E-state index in [2.05, 4.69) is 26.5 Å². The Bertz CT molecular complexity index is 1180. The first-order chi connectivity index (χ1) is 14.4. The van der Waals surface area contributed by atoms with Crippen LogP contribution in [0.4, 0.5) is 0 Å². The quantitative estimate of drug-likeness (QED) is 0.308. The molecular weight excluding hydrogens is 472 g/mol. The van der Waals surface area contributed by atoms with Gasteiger partial charge < -0.3 is 8.92 Å². The van der Waals surface area contributed by atoms with Crippen LogP contribution in [0.25, 0.3) is 0 Å². The first-order valence-corrected chi connectivity index (χ1v) is 10.9. The molecule has 3 aromatic rings. The molecule has 0 heterocycles. The number of halogens is 1. The number of nitrogens with zero attached hydrogens (tertiary/aromatic N) is 1. The van der Waals surface area contributed by atoms with Gasteiger partial charge in [-0.05, 0) is 54.1 Å². The highest BCUT2D eigenvalue weighted by atomic mass is 79.9. The number of benzene rings is 3. The van der Waals surface area contributed by atoms with E-state index in [1.54, 1.807) is 48.5 Å². The van der Waals surface area contributed by atoms with Gasteiger partial charge >= 0.3 is 10.1 Å². The molecule has 3 rings (SSSR count). The van der Waals surface area contributed by atoms with E-state index in [0.29, 0.717) is 11.1 Å². The van der Waals surface area contributed by atoms with Crippen LogP contribution < -0.4 is 14.3 Å². The molecule has 0 radical (unpaired) electrons. The predicted octanol–water partition coefficient (Wildman–Crippen LogP) is 3.99. The van der Waals surface area contributed by atoms with Gasteiger partial charge in [0.1, 0.15) is 4.90 Å². The highest BCUT2D eigenvalue weighted by Crippen LogP contribution is 2.30. The lowest BCUT2D eigenvalue weighted by Crippen LogP contribution is -2.17. The fourth-order valence-electron chi connectivity index (χ4n) is 2.45. The zero-order chi connectivity index (χ0) is 21.6. The third kappa shape index (κ3) is 5.46. The molecule has 0 aliphatic heterocycles. The van der Waals surface area contributed by atoms with Crippen molar-refractivity contribution in [3.8, 4) is 11.5 Å². The maximum Gasteiger partial charge on any atom is 0.339 e. The average Bonchev–Trinajstić information content (AvgIpc) is 2.75. The molecule has 0 aliphatic carbocycles. The van der Waals surface area contributed by atoms with Crippen molar-refractivity contribution in [3.63, 3.8) is 0 Å². The number of carbonyl (C=O) groups excluding carboxylic acids is 1. The van der Waals surface area contributed by atoms with E-state index in [1.165, 1.54) is 31.5 Å². The topological polar surface area (TPSA) is 94.1 Å². The number of hydrogen-bond acceptors (Lipinski definition) is 6. The summed E-state index contributed by atoms with van der Waals surface area (Å²) < 4.78 is 36.0. The zero-order valence-electron chi connectivity index (χ0n) is 15.8. The van der Waals surface area contributed by atoms with E-state index >= 15 is 0 Å². The molecule has 0 spiro atoms. The van der Waals surface area contributed by atoms with E-state index in [0.717, 1.165) is 4.47 Å². The Kier molecular flexibility index (Phi) is 6.86. The van der Waals surface area contributed by atoms with Crippen LogP contribution in [-0.2, 0) is 10.1 Å². The third-order valence-corrected chi connectivity index (χ3v) is 5.63. The zero-order valence-corrected chi connectivity index (χ0v) is 18.2. The normalized spacial score (nSPS) is 11.3. The Morgan fingerprint density at radius 2 is 1.77 bits per heavy atom. The highest BCUT2D eigenvalue weighted by molar-refractivity contribution is 9.10. The number of methoxy groups -OCH3 is 1. The fourth-order valence-corrected chi connectivity index (χ4v) is 3.81. The first kappa shape index (κ1) is 21.5. The highest BCUT2D eigenvalue weighted by Gasteiger charge is 2.18. The number of hydrogen-bond donors (Lipinski definition) is 1. The monoisotopic (exact) mass is 488 g/mol. The van der Waals surface area contributed by atoms with Gasteiger partial charge in [-0.15, -0.1) is 0 Å². The lowest BCUT2D eigenvalue weighted by Gasteiger charge is -2.11. The van der Waals surface area contributed by atoms with Crippen LogP contribution in [0.3, 0.4) is 0 Å². The molecule has 3 aromatic carbocycles. The summed E-state index contributed by atoms with van der Waals surface area (Å²) in [6, 6.07) is 19.3. The van der Waals surface area contributed by atoms with Gasteiger partial charge in [0.15, 0.2) is 11.5 Å². The van der Waals surface area contributed by atoms with Crippen LogP contribution in [0.1, 0.15) is 15.9 Å². The van der Waals surface area contributed by atoms with Gasteiger partial charge in [-0.1, -0.05) is 40.2 Å². The molecule has 0 bridgehead atoms. The lowest BCUT2D eigenvalue weighted by atomic mass is 10.2. The van der Waals surface area contributed by atoms with Crippen molar-refractivity contribution >= 4 is 38.2 Å². The van der Waals surface area contributed by atoms with E-state index in [9.17, 15) is 13.2 Å². The second kappa shape index (κ2) is 9.55. The number of carbonyl (C=O) groups is 1. The molecule has 1 N–H and O–H groups in total. The largest absolute Gasteiger partial charge is 0.493 e. The van der Waals surface area contributed by atoms with Crippen molar-refractivity contribution < 1.29 is 22.1 Å².